The first-order chi connectivity index (χ1) is 9.36. The average Bonchev–Trinajstić information content (AvgIpc) is 2.41. The second kappa shape index (κ2) is 10.5. The number of aliphatic hydroxyl groups excluding tert-OH is 1. The topological polar surface area (TPSA) is 55.8 Å². The maximum absolute atomic E-state index is 11.0. The van der Waals surface area contributed by atoms with E-state index in [0.717, 1.165) is 18.4 Å². The van der Waals surface area contributed by atoms with E-state index in [1.165, 1.54) is 7.11 Å². The van der Waals surface area contributed by atoms with Gasteiger partial charge in [-0.25, -0.2) is 0 Å². The van der Waals surface area contributed by atoms with E-state index in [-0.39, 0.29) is 18.5 Å². The second-order valence-electron chi connectivity index (χ2n) is 5.30. The van der Waals surface area contributed by atoms with Crippen molar-refractivity contribution in [2.45, 2.75) is 52.1 Å². The number of methoxy groups -OCH3 is 1. The highest BCUT2D eigenvalue weighted by Crippen LogP contribution is 2.14. The molecule has 0 amide bonds. The molecule has 0 aliphatic rings. The molecule has 4 heteroatoms. The lowest BCUT2D eigenvalue weighted by Crippen LogP contribution is -2.16. The van der Waals surface area contributed by atoms with Crippen molar-refractivity contribution >= 4 is 5.97 Å². The Morgan fingerprint density at radius 2 is 1.85 bits per heavy atom. The molecular formula is C16H28O4. The molecule has 1 atom stereocenters. The van der Waals surface area contributed by atoms with Gasteiger partial charge in [-0.05, 0) is 25.7 Å². The third kappa shape index (κ3) is 9.62. The van der Waals surface area contributed by atoms with Crippen LogP contribution in [-0.4, -0.2) is 30.9 Å². The molecule has 0 saturated heterocycles. The van der Waals surface area contributed by atoms with Gasteiger partial charge in [-0.15, -0.1) is 0 Å². The summed E-state index contributed by atoms with van der Waals surface area (Å²) in [6.07, 6.45) is 2.82. The monoisotopic (exact) mass is 284 g/mol. The van der Waals surface area contributed by atoms with Crippen molar-refractivity contribution in [3.63, 3.8) is 0 Å². The molecule has 0 aromatic heterocycles. The van der Waals surface area contributed by atoms with Gasteiger partial charge in [0.05, 0.1) is 19.0 Å². The van der Waals surface area contributed by atoms with Gasteiger partial charge in [0.25, 0.3) is 0 Å². The van der Waals surface area contributed by atoms with E-state index in [9.17, 15) is 9.90 Å². The Morgan fingerprint density at radius 3 is 2.40 bits per heavy atom. The number of esters is 1. The quantitative estimate of drug-likeness (QED) is 0.359. The third-order valence-corrected chi connectivity index (χ3v) is 3.08. The van der Waals surface area contributed by atoms with Crippen LogP contribution in [0.4, 0.5) is 0 Å². The summed E-state index contributed by atoms with van der Waals surface area (Å²) in [4.78, 5) is 11.0. The van der Waals surface area contributed by atoms with Crippen LogP contribution in [0, 0.1) is 5.92 Å². The van der Waals surface area contributed by atoms with Gasteiger partial charge >= 0.3 is 5.97 Å². The number of hydrogen-bond donors (Lipinski definition) is 1. The number of carbonyl (C=O) groups is 1. The van der Waals surface area contributed by atoms with Gasteiger partial charge in [0.15, 0.2) is 0 Å². The minimum absolute atomic E-state index is 0.216. The predicted octanol–water partition coefficient (Wildman–Crippen LogP) is 3.21. The first-order valence-corrected chi connectivity index (χ1v) is 7.10. The fraction of sp³-hybridized carbons (Fsp3) is 0.688. The van der Waals surface area contributed by atoms with E-state index in [2.05, 4.69) is 17.9 Å². The minimum Gasteiger partial charge on any atom is -0.496 e. The number of rotatable bonds is 11. The van der Waals surface area contributed by atoms with Crippen molar-refractivity contribution in [3.05, 3.63) is 24.5 Å². The molecule has 0 rings (SSSR count). The molecule has 1 unspecified atom stereocenters. The summed E-state index contributed by atoms with van der Waals surface area (Å²) in [5.41, 5.74) is 1.01. The molecule has 0 spiro atoms. The summed E-state index contributed by atoms with van der Waals surface area (Å²) in [5, 5.41) is 9.78. The first-order valence-electron chi connectivity index (χ1n) is 7.10. The largest absolute Gasteiger partial charge is 0.496 e. The molecule has 0 fully saturated rings. The van der Waals surface area contributed by atoms with Crippen molar-refractivity contribution in [3.8, 4) is 0 Å². The highest BCUT2D eigenvalue weighted by atomic mass is 16.5. The molecular weight excluding hydrogens is 256 g/mol. The molecule has 0 aliphatic heterocycles. The third-order valence-electron chi connectivity index (χ3n) is 3.08. The average molecular weight is 284 g/mol. The molecule has 0 aliphatic carbocycles. The number of ether oxygens (including phenoxy) is 2. The summed E-state index contributed by atoms with van der Waals surface area (Å²) >= 11 is 0. The SMILES string of the molecule is C=C(CCCC(O)COC(=C)C(C)C)CCC(=O)OC. The standard InChI is InChI=1S/C16H28O4/c1-12(2)14(4)20-11-15(17)8-6-7-13(3)9-10-16(18)19-5/h12,15,17H,3-4,6-11H2,1-2,5H3. The lowest BCUT2D eigenvalue weighted by molar-refractivity contribution is -0.140. The van der Waals surface area contributed by atoms with Crippen LogP contribution in [0.25, 0.3) is 0 Å². The maximum Gasteiger partial charge on any atom is 0.305 e. The molecule has 1 N–H and O–H groups in total. The van der Waals surface area contributed by atoms with E-state index in [0.29, 0.717) is 25.0 Å². The van der Waals surface area contributed by atoms with E-state index in [1.54, 1.807) is 0 Å². The molecule has 4 nitrogen and oxygen atoms in total. The van der Waals surface area contributed by atoms with Crippen molar-refractivity contribution in [2.24, 2.45) is 5.92 Å². The van der Waals surface area contributed by atoms with E-state index >= 15 is 0 Å². The Bertz CT molecular complexity index is 320. The van der Waals surface area contributed by atoms with Crippen LogP contribution in [0.3, 0.4) is 0 Å². The maximum atomic E-state index is 11.0. The number of aliphatic hydroxyl groups is 1. The highest BCUT2D eigenvalue weighted by molar-refractivity contribution is 5.69. The fourth-order valence-electron chi connectivity index (χ4n) is 1.55. The molecule has 20 heavy (non-hydrogen) atoms. The van der Waals surface area contributed by atoms with Crippen LogP contribution in [0.1, 0.15) is 46.0 Å². The van der Waals surface area contributed by atoms with Gasteiger partial charge in [-0.1, -0.05) is 32.6 Å². The molecule has 116 valence electrons. The van der Waals surface area contributed by atoms with Crippen molar-refractivity contribution in [2.75, 3.05) is 13.7 Å². The van der Waals surface area contributed by atoms with Crippen LogP contribution in [0.2, 0.25) is 0 Å². The second-order valence-corrected chi connectivity index (χ2v) is 5.30. The zero-order valence-electron chi connectivity index (χ0n) is 13.0. The van der Waals surface area contributed by atoms with Gasteiger partial charge < -0.3 is 14.6 Å². The zero-order valence-corrected chi connectivity index (χ0v) is 13.0. The number of carbonyl (C=O) groups excluding carboxylic acids is 1. The lowest BCUT2D eigenvalue weighted by Gasteiger charge is -2.16. The van der Waals surface area contributed by atoms with E-state index in [1.807, 2.05) is 13.8 Å². The minimum atomic E-state index is -0.487. The van der Waals surface area contributed by atoms with Crippen LogP contribution in [0.5, 0.6) is 0 Å². The van der Waals surface area contributed by atoms with Gasteiger partial charge in [-0.2, -0.15) is 0 Å². The van der Waals surface area contributed by atoms with Crippen molar-refractivity contribution in [1.29, 1.82) is 0 Å². The van der Waals surface area contributed by atoms with Crippen molar-refractivity contribution in [1.82, 2.24) is 0 Å². The van der Waals surface area contributed by atoms with Crippen molar-refractivity contribution < 1.29 is 19.4 Å². The fourth-order valence-corrected chi connectivity index (χ4v) is 1.55. The first kappa shape index (κ1) is 18.7. The molecule has 0 bridgehead atoms. The summed E-state index contributed by atoms with van der Waals surface area (Å²) in [5.74, 6) is 0.749. The normalized spacial score (nSPS) is 12.1. The predicted molar refractivity (Wildman–Crippen MR) is 80.2 cm³/mol. The highest BCUT2D eigenvalue weighted by Gasteiger charge is 2.08. The van der Waals surface area contributed by atoms with Gasteiger partial charge in [-0.3, -0.25) is 4.79 Å². The summed E-state index contributed by atoms with van der Waals surface area (Å²) in [6.45, 7) is 12.0. The van der Waals surface area contributed by atoms with Gasteiger partial charge in [0, 0.05) is 12.3 Å². The molecule has 0 aromatic rings. The van der Waals surface area contributed by atoms with Crippen LogP contribution >= 0.6 is 0 Å². The van der Waals surface area contributed by atoms with Gasteiger partial charge in [0.2, 0.25) is 0 Å². The Balaban J connectivity index is 3.65. The smallest absolute Gasteiger partial charge is 0.305 e. The Kier molecular flexibility index (Phi) is 9.82. The number of allylic oxidation sites excluding steroid dienone is 2. The van der Waals surface area contributed by atoms with Crippen LogP contribution in [0.15, 0.2) is 24.5 Å². The van der Waals surface area contributed by atoms with Crippen LogP contribution in [-0.2, 0) is 14.3 Å². The summed E-state index contributed by atoms with van der Waals surface area (Å²) in [6, 6.07) is 0. The molecule has 0 aromatic carbocycles. The Morgan fingerprint density at radius 1 is 1.20 bits per heavy atom. The molecule has 0 radical (unpaired) electrons. The van der Waals surface area contributed by atoms with Crippen LogP contribution < -0.4 is 0 Å². The Labute approximate surface area is 122 Å². The summed E-state index contributed by atoms with van der Waals surface area (Å²) in [7, 11) is 1.38. The van der Waals surface area contributed by atoms with E-state index in [4.69, 9.17) is 4.74 Å². The molecule has 0 saturated carbocycles. The summed E-state index contributed by atoms with van der Waals surface area (Å²) < 4.78 is 9.96. The molecule has 0 heterocycles. The number of hydrogen-bond acceptors (Lipinski definition) is 4. The van der Waals surface area contributed by atoms with E-state index < -0.39 is 6.10 Å². The Hall–Kier alpha value is -1.29. The lowest BCUT2D eigenvalue weighted by atomic mass is 10.0. The van der Waals surface area contributed by atoms with Gasteiger partial charge in [0.1, 0.15) is 6.61 Å². The zero-order chi connectivity index (χ0) is 15.5.